The van der Waals surface area contributed by atoms with Gasteiger partial charge in [-0.05, 0) is 79.5 Å². The number of hydrogen-bond donors (Lipinski definition) is 0. The van der Waals surface area contributed by atoms with E-state index in [1.54, 1.807) is 12.7 Å². The Balaban J connectivity index is 1.36. The van der Waals surface area contributed by atoms with Crippen LogP contribution < -0.4 is 4.74 Å². The van der Waals surface area contributed by atoms with Gasteiger partial charge in [-0.2, -0.15) is 0 Å². The Morgan fingerprint density at radius 1 is 1.04 bits per heavy atom. The van der Waals surface area contributed by atoms with Crippen LogP contribution in [-0.4, -0.2) is 38.7 Å². The molecule has 1 aromatic rings. The van der Waals surface area contributed by atoms with E-state index in [0.717, 1.165) is 25.0 Å². The first-order chi connectivity index (χ1) is 13.6. The van der Waals surface area contributed by atoms with E-state index >= 15 is 0 Å². The van der Waals surface area contributed by atoms with Crippen LogP contribution in [0.3, 0.4) is 0 Å². The average molecular weight is 386 g/mol. The minimum absolute atomic E-state index is 0.0718. The van der Waals surface area contributed by atoms with Gasteiger partial charge in [0.1, 0.15) is 18.0 Å². The highest BCUT2D eigenvalue weighted by atomic mass is 16.9. The summed E-state index contributed by atoms with van der Waals surface area (Å²) in [6.45, 7) is 3.57. The van der Waals surface area contributed by atoms with Gasteiger partial charge in [-0.3, -0.25) is 0 Å². The van der Waals surface area contributed by atoms with Crippen molar-refractivity contribution in [1.82, 2.24) is 0 Å². The number of ether oxygens (including phenoxy) is 5. The maximum atomic E-state index is 6.45. The molecule has 0 N–H and O–H groups in total. The summed E-state index contributed by atoms with van der Waals surface area (Å²) in [5.74, 6) is 2.28. The van der Waals surface area contributed by atoms with Crippen LogP contribution in [0.25, 0.3) is 0 Å². The normalized spacial score (nSPS) is 46.6. The Morgan fingerprint density at radius 2 is 1.93 bits per heavy atom. The van der Waals surface area contributed by atoms with Crippen LogP contribution in [0.4, 0.5) is 0 Å². The summed E-state index contributed by atoms with van der Waals surface area (Å²) in [6.07, 6.45) is 6.97. The lowest BCUT2D eigenvalue weighted by atomic mass is 9.52. The minimum atomic E-state index is -0.705. The molecular weight excluding hydrogens is 356 g/mol. The lowest BCUT2D eigenvalue weighted by molar-refractivity contribution is -0.245. The number of fused-ring (bicyclic) bond motifs is 7. The zero-order chi connectivity index (χ0) is 19.0. The fourth-order valence-electron chi connectivity index (χ4n) is 7.67. The highest BCUT2D eigenvalue weighted by Crippen LogP contribution is 2.69. The SMILES string of the molecule is COc1ccc2c(c1)CC[C@@H]1[C@@H]2CC[C@@]2(C)[C@H]1CC[C@@]21OCOC12COCO2. The van der Waals surface area contributed by atoms with Gasteiger partial charge in [-0.25, -0.2) is 0 Å². The van der Waals surface area contributed by atoms with Crippen molar-refractivity contribution in [2.45, 2.75) is 62.8 Å². The molecule has 5 aliphatic rings. The van der Waals surface area contributed by atoms with Gasteiger partial charge in [0, 0.05) is 5.41 Å². The van der Waals surface area contributed by atoms with Crippen molar-refractivity contribution in [2.75, 3.05) is 27.3 Å². The molecule has 0 amide bonds. The molecule has 6 rings (SSSR count). The Morgan fingerprint density at radius 3 is 2.75 bits per heavy atom. The monoisotopic (exact) mass is 386 g/mol. The zero-order valence-electron chi connectivity index (χ0n) is 16.9. The van der Waals surface area contributed by atoms with Crippen molar-refractivity contribution in [1.29, 1.82) is 0 Å². The van der Waals surface area contributed by atoms with E-state index in [-0.39, 0.29) is 11.0 Å². The van der Waals surface area contributed by atoms with Crippen LogP contribution in [0.1, 0.15) is 56.1 Å². The lowest BCUT2D eigenvalue weighted by Crippen LogP contribution is -2.63. The van der Waals surface area contributed by atoms with Gasteiger partial charge in [0.15, 0.2) is 13.6 Å². The third-order valence-corrected chi connectivity index (χ3v) is 8.93. The van der Waals surface area contributed by atoms with Crippen LogP contribution in [0.2, 0.25) is 0 Å². The third kappa shape index (κ3) is 2.01. The molecule has 0 bridgehead atoms. The molecule has 6 atom stereocenters. The first kappa shape index (κ1) is 17.7. The molecule has 2 saturated carbocycles. The molecule has 1 aromatic carbocycles. The Labute approximate surface area is 166 Å². The second-order valence-corrected chi connectivity index (χ2v) is 9.57. The summed E-state index contributed by atoms with van der Waals surface area (Å²) < 4.78 is 29.7. The third-order valence-electron chi connectivity index (χ3n) is 8.93. The minimum Gasteiger partial charge on any atom is -0.497 e. The predicted molar refractivity (Wildman–Crippen MR) is 102 cm³/mol. The topological polar surface area (TPSA) is 46.2 Å². The van der Waals surface area contributed by atoms with E-state index in [0.29, 0.717) is 37.9 Å². The van der Waals surface area contributed by atoms with Gasteiger partial charge in [-0.1, -0.05) is 13.0 Å². The van der Waals surface area contributed by atoms with Gasteiger partial charge in [0.05, 0.1) is 7.11 Å². The summed E-state index contributed by atoms with van der Waals surface area (Å²) in [6, 6.07) is 6.71. The summed E-state index contributed by atoms with van der Waals surface area (Å²) in [5, 5.41) is 0. The molecule has 2 saturated heterocycles. The van der Waals surface area contributed by atoms with E-state index in [9.17, 15) is 0 Å². The number of benzene rings is 1. The lowest BCUT2D eigenvalue weighted by Gasteiger charge is -2.55. The van der Waals surface area contributed by atoms with Crippen molar-refractivity contribution in [3.63, 3.8) is 0 Å². The van der Waals surface area contributed by atoms with Crippen LogP contribution in [0, 0.1) is 17.3 Å². The molecule has 28 heavy (non-hydrogen) atoms. The van der Waals surface area contributed by atoms with E-state index in [1.807, 2.05) is 0 Å². The highest BCUT2D eigenvalue weighted by Gasteiger charge is 2.75. The molecule has 152 valence electrons. The fraction of sp³-hybridized carbons (Fsp3) is 0.739. The highest BCUT2D eigenvalue weighted by molar-refractivity contribution is 5.41. The van der Waals surface area contributed by atoms with Gasteiger partial charge >= 0.3 is 0 Å². The smallest absolute Gasteiger partial charge is 0.226 e. The van der Waals surface area contributed by atoms with Crippen molar-refractivity contribution < 1.29 is 23.7 Å². The van der Waals surface area contributed by atoms with E-state index in [2.05, 4.69) is 25.1 Å². The molecule has 2 spiro atoms. The first-order valence-corrected chi connectivity index (χ1v) is 10.8. The van der Waals surface area contributed by atoms with E-state index in [1.165, 1.54) is 24.8 Å². The largest absolute Gasteiger partial charge is 0.497 e. The number of hydrogen-bond acceptors (Lipinski definition) is 5. The molecular formula is C23H30O5. The van der Waals surface area contributed by atoms with Gasteiger partial charge < -0.3 is 23.7 Å². The zero-order valence-corrected chi connectivity index (χ0v) is 16.9. The predicted octanol–water partition coefficient (Wildman–Crippen LogP) is 4.00. The standard InChI is InChI=1S/C23H30O5/c1-21-9-7-18-17-6-4-16(24-2)11-15(17)3-5-19(18)20(21)8-10-22(21)23(28-14-26-22)12-25-13-27-23/h4,6,11,18-20H,3,5,7-10,12-14H2,1-2H3/t18-,19-,20+,21+,22-,23?/m1/s1. The molecule has 5 nitrogen and oxygen atoms in total. The second kappa shape index (κ2) is 5.94. The van der Waals surface area contributed by atoms with Crippen molar-refractivity contribution in [3.05, 3.63) is 29.3 Å². The van der Waals surface area contributed by atoms with E-state index < -0.39 is 5.79 Å². The van der Waals surface area contributed by atoms with E-state index in [4.69, 9.17) is 23.7 Å². The number of aryl methyl sites for hydroxylation is 1. The number of rotatable bonds is 1. The number of methoxy groups -OCH3 is 1. The summed E-state index contributed by atoms with van der Waals surface area (Å²) in [7, 11) is 1.76. The maximum Gasteiger partial charge on any atom is 0.226 e. The van der Waals surface area contributed by atoms with Crippen molar-refractivity contribution in [3.8, 4) is 5.75 Å². The molecule has 3 aliphatic carbocycles. The molecule has 2 heterocycles. The summed E-state index contributed by atoms with van der Waals surface area (Å²) in [4.78, 5) is 0. The maximum absolute atomic E-state index is 6.45. The Bertz CT molecular complexity index is 782. The molecule has 0 aromatic heterocycles. The van der Waals surface area contributed by atoms with Crippen LogP contribution in [-0.2, 0) is 25.4 Å². The Hall–Kier alpha value is -1.14. The van der Waals surface area contributed by atoms with Gasteiger partial charge in [0.25, 0.3) is 0 Å². The molecule has 4 fully saturated rings. The average Bonchev–Trinajstić information content (AvgIpc) is 3.42. The molecule has 2 aliphatic heterocycles. The molecule has 5 heteroatoms. The van der Waals surface area contributed by atoms with Crippen molar-refractivity contribution >= 4 is 0 Å². The molecule has 0 radical (unpaired) electrons. The van der Waals surface area contributed by atoms with Crippen LogP contribution in [0.5, 0.6) is 5.75 Å². The molecule has 1 unspecified atom stereocenters. The van der Waals surface area contributed by atoms with Crippen LogP contribution in [0.15, 0.2) is 18.2 Å². The quantitative estimate of drug-likeness (QED) is 0.730. The van der Waals surface area contributed by atoms with Crippen molar-refractivity contribution in [2.24, 2.45) is 17.3 Å². The fourth-order valence-corrected chi connectivity index (χ4v) is 7.67. The summed E-state index contributed by atoms with van der Waals surface area (Å²) >= 11 is 0. The van der Waals surface area contributed by atoms with Gasteiger partial charge in [0.2, 0.25) is 5.79 Å². The first-order valence-electron chi connectivity index (χ1n) is 10.8. The van der Waals surface area contributed by atoms with Crippen LogP contribution >= 0.6 is 0 Å². The second-order valence-electron chi connectivity index (χ2n) is 9.57. The summed E-state index contributed by atoms with van der Waals surface area (Å²) in [5.41, 5.74) is 2.74. The van der Waals surface area contributed by atoms with Gasteiger partial charge in [-0.15, -0.1) is 0 Å². The Kier molecular flexibility index (Phi) is 3.76.